The van der Waals surface area contributed by atoms with Crippen molar-refractivity contribution in [3.05, 3.63) is 47.2 Å². The fourth-order valence-electron chi connectivity index (χ4n) is 1.49. The Balaban J connectivity index is 2.45. The van der Waals surface area contributed by atoms with Crippen LogP contribution in [0.3, 0.4) is 0 Å². The number of nitrogens with zero attached hydrogens (tertiary/aromatic N) is 1. The van der Waals surface area contributed by atoms with E-state index in [1.807, 2.05) is 12.1 Å². The first-order valence-corrected chi connectivity index (χ1v) is 5.36. The lowest BCUT2D eigenvalue weighted by molar-refractivity contribution is 0.112. The number of rotatable bonds is 3. The highest BCUT2D eigenvalue weighted by molar-refractivity contribution is 6.33. The van der Waals surface area contributed by atoms with Crippen LogP contribution in [0.1, 0.15) is 10.4 Å². The lowest BCUT2D eigenvalue weighted by Gasteiger charge is -2.05. The fourth-order valence-corrected chi connectivity index (χ4v) is 1.72. The molecular formula is C13H10ClNO2. The minimum atomic E-state index is 0.431. The van der Waals surface area contributed by atoms with E-state index >= 15 is 0 Å². The lowest BCUT2D eigenvalue weighted by atomic mass is 10.1. The van der Waals surface area contributed by atoms with E-state index in [1.165, 1.54) is 0 Å². The molecule has 1 aromatic heterocycles. The molecule has 0 saturated carbocycles. The van der Waals surface area contributed by atoms with Gasteiger partial charge < -0.3 is 4.74 Å². The number of hydrogen-bond acceptors (Lipinski definition) is 3. The Labute approximate surface area is 104 Å². The minimum Gasteiger partial charge on any atom is -0.495 e. The van der Waals surface area contributed by atoms with Gasteiger partial charge in [0.2, 0.25) is 0 Å². The number of ether oxygens (including phenoxy) is 1. The van der Waals surface area contributed by atoms with Gasteiger partial charge >= 0.3 is 0 Å². The Kier molecular flexibility index (Phi) is 3.40. The van der Waals surface area contributed by atoms with Gasteiger partial charge in [-0.1, -0.05) is 17.7 Å². The third kappa shape index (κ3) is 2.45. The van der Waals surface area contributed by atoms with Crippen molar-refractivity contribution < 1.29 is 9.53 Å². The Morgan fingerprint density at radius 2 is 2.06 bits per heavy atom. The van der Waals surface area contributed by atoms with Gasteiger partial charge in [0.25, 0.3) is 0 Å². The van der Waals surface area contributed by atoms with Crippen LogP contribution in [0.25, 0.3) is 11.1 Å². The molecule has 0 spiro atoms. The number of hydrogen-bond donors (Lipinski definition) is 0. The van der Waals surface area contributed by atoms with Crippen molar-refractivity contribution in [1.82, 2.24) is 4.98 Å². The molecule has 2 rings (SSSR count). The van der Waals surface area contributed by atoms with E-state index in [9.17, 15) is 4.79 Å². The van der Waals surface area contributed by atoms with Crippen LogP contribution >= 0.6 is 11.6 Å². The van der Waals surface area contributed by atoms with E-state index in [1.54, 1.807) is 31.6 Å². The molecule has 86 valence electrons. The summed E-state index contributed by atoms with van der Waals surface area (Å²) in [6, 6.07) is 7.11. The van der Waals surface area contributed by atoms with Crippen LogP contribution in [-0.2, 0) is 0 Å². The van der Waals surface area contributed by atoms with Gasteiger partial charge in [0.15, 0.2) is 6.29 Å². The first-order valence-electron chi connectivity index (χ1n) is 4.98. The van der Waals surface area contributed by atoms with Crippen LogP contribution in [0, 0.1) is 0 Å². The molecule has 2 aromatic rings. The zero-order valence-corrected chi connectivity index (χ0v) is 9.94. The van der Waals surface area contributed by atoms with Crippen LogP contribution in [0.15, 0.2) is 36.7 Å². The molecule has 17 heavy (non-hydrogen) atoms. The maximum absolute atomic E-state index is 10.7. The maximum atomic E-state index is 10.7. The number of aldehydes is 1. The van der Waals surface area contributed by atoms with Crippen LogP contribution in [0.4, 0.5) is 0 Å². The first kappa shape index (κ1) is 11.6. The minimum absolute atomic E-state index is 0.431. The van der Waals surface area contributed by atoms with Gasteiger partial charge in [-0.05, 0) is 23.8 Å². The van der Waals surface area contributed by atoms with E-state index in [0.717, 1.165) is 17.4 Å². The average molecular weight is 248 g/mol. The van der Waals surface area contributed by atoms with Crippen molar-refractivity contribution >= 4 is 17.9 Å². The Bertz CT molecular complexity index is 555. The summed E-state index contributed by atoms with van der Waals surface area (Å²) in [5.74, 6) is 0.679. The van der Waals surface area contributed by atoms with E-state index in [2.05, 4.69) is 4.98 Å². The van der Waals surface area contributed by atoms with Crippen molar-refractivity contribution in [1.29, 1.82) is 0 Å². The monoisotopic (exact) mass is 247 g/mol. The van der Waals surface area contributed by atoms with Gasteiger partial charge in [-0.3, -0.25) is 9.78 Å². The molecule has 1 heterocycles. The number of benzene rings is 1. The van der Waals surface area contributed by atoms with Gasteiger partial charge in [-0.2, -0.15) is 0 Å². The second-order valence-electron chi connectivity index (χ2n) is 3.47. The summed E-state index contributed by atoms with van der Waals surface area (Å²) < 4.78 is 5.10. The first-order chi connectivity index (χ1) is 8.24. The molecular weight excluding hydrogens is 238 g/mol. The smallest absolute Gasteiger partial charge is 0.151 e. The topological polar surface area (TPSA) is 39.2 Å². The largest absolute Gasteiger partial charge is 0.495 e. The molecule has 0 aliphatic rings. The van der Waals surface area contributed by atoms with E-state index in [-0.39, 0.29) is 0 Å². The zero-order valence-electron chi connectivity index (χ0n) is 9.18. The standard InChI is InChI=1S/C13H10ClNO2/c1-17-12-4-11(6-15-7-12)9-2-3-10(8-16)13(14)5-9/h2-8H,1H3. The molecule has 0 bridgehead atoms. The number of pyridine rings is 1. The summed E-state index contributed by atoms with van der Waals surface area (Å²) in [5, 5.41) is 0.431. The van der Waals surface area contributed by atoms with Crippen molar-refractivity contribution in [3.8, 4) is 16.9 Å². The number of carbonyl (C=O) groups is 1. The van der Waals surface area contributed by atoms with Crippen molar-refractivity contribution in [2.24, 2.45) is 0 Å². The Morgan fingerprint density at radius 1 is 1.24 bits per heavy atom. The molecule has 0 saturated heterocycles. The number of methoxy groups -OCH3 is 1. The molecule has 0 unspecified atom stereocenters. The normalized spacial score (nSPS) is 10.0. The predicted molar refractivity (Wildman–Crippen MR) is 66.6 cm³/mol. The SMILES string of the molecule is COc1cncc(-c2ccc(C=O)c(Cl)c2)c1. The maximum Gasteiger partial charge on any atom is 0.151 e. The van der Waals surface area contributed by atoms with Gasteiger partial charge in [-0.15, -0.1) is 0 Å². The summed E-state index contributed by atoms with van der Waals surface area (Å²) in [6.07, 6.45) is 4.08. The van der Waals surface area contributed by atoms with Crippen LogP contribution in [-0.4, -0.2) is 18.4 Å². The summed E-state index contributed by atoms with van der Waals surface area (Å²) in [5.41, 5.74) is 2.27. The third-order valence-corrected chi connectivity index (χ3v) is 2.74. The molecule has 0 fully saturated rings. The number of carbonyl (C=O) groups excluding carboxylic acids is 1. The second-order valence-corrected chi connectivity index (χ2v) is 3.87. The molecule has 0 atom stereocenters. The Hall–Kier alpha value is -1.87. The molecule has 3 nitrogen and oxygen atoms in total. The van der Waals surface area contributed by atoms with Crippen molar-refractivity contribution in [2.45, 2.75) is 0 Å². The predicted octanol–water partition coefficient (Wildman–Crippen LogP) is 3.22. The summed E-state index contributed by atoms with van der Waals surface area (Å²) in [7, 11) is 1.59. The molecule has 1 aromatic carbocycles. The zero-order chi connectivity index (χ0) is 12.3. The summed E-state index contributed by atoms with van der Waals surface area (Å²) >= 11 is 5.97. The summed E-state index contributed by atoms with van der Waals surface area (Å²) in [6.45, 7) is 0. The molecule has 4 heteroatoms. The molecule has 0 aliphatic carbocycles. The number of halogens is 1. The highest BCUT2D eigenvalue weighted by atomic mass is 35.5. The Morgan fingerprint density at radius 3 is 2.71 bits per heavy atom. The van der Waals surface area contributed by atoms with Crippen LogP contribution < -0.4 is 4.74 Å². The average Bonchev–Trinajstić information content (AvgIpc) is 2.38. The van der Waals surface area contributed by atoms with Gasteiger partial charge in [0.1, 0.15) is 5.75 Å². The molecule has 0 aliphatic heterocycles. The van der Waals surface area contributed by atoms with Crippen LogP contribution in [0.2, 0.25) is 5.02 Å². The van der Waals surface area contributed by atoms with Gasteiger partial charge in [0.05, 0.1) is 18.3 Å². The van der Waals surface area contributed by atoms with Crippen LogP contribution in [0.5, 0.6) is 5.75 Å². The molecule has 0 N–H and O–H groups in total. The van der Waals surface area contributed by atoms with Gasteiger partial charge in [0, 0.05) is 17.3 Å². The highest BCUT2D eigenvalue weighted by Gasteiger charge is 2.04. The van der Waals surface area contributed by atoms with E-state index in [4.69, 9.17) is 16.3 Å². The fraction of sp³-hybridized carbons (Fsp3) is 0.0769. The second kappa shape index (κ2) is 4.97. The van der Waals surface area contributed by atoms with Crippen molar-refractivity contribution in [3.63, 3.8) is 0 Å². The van der Waals surface area contributed by atoms with E-state index in [0.29, 0.717) is 16.3 Å². The van der Waals surface area contributed by atoms with Crippen molar-refractivity contribution in [2.75, 3.05) is 7.11 Å². The quantitative estimate of drug-likeness (QED) is 0.782. The number of aromatic nitrogens is 1. The molecule has 0 amide bonds. The third-order valence-electron chi connectivity index (χ3n) is 2.41. The highest BCUT2D eigenvalue weighted by Crippen LogP contribution is 2.26. The van der Waals surface area contributed by atoms with Gasteiger partial charge in [-0.25, -0.2) is 0 Å². The van der Waals surface area contributed by atoms with E-state index < -0.39 is 0 Å². The molecule has 0 radical (unpaired) electrons. The lowest BCUT2D eigenvalue weighted by Crippen LogP contribution is -1.87. The summed E-state index contributed by atoms with van der Waals surface area (Å²) in [4.78, 5) is 14.7.